The Labute approximate surface area is 107 Å². The lowest BCUT2D eigenvalue weighted by Gasteiger charge is -2.50. The van der Waals surface area contributed by atoms with Crippen molar-refractivity contribution in [3.63, 3.8) is 0 Å². The number of ether oxygens (including phenoxy) is 2. The van der Waals surface area contributed by atoms with Gasteiger partial charge in [-0.2, -0.15) is 0 Å². The molecule has 5 heteroatoms. The van der Waals surface area contributed by atoms with Crippen molar-refractivity contribution in [2.45, 2.75) is 57.3 Å². The number of nitrogens with zero attached hydrogens (tertiary/aromatic N) is 1. The van der Waals surface area contributed by atoms with Crippen LogP contribution in [0.5, 0.6) is 0 Å². The Kier molecular flexibility index (Phi) is 3.36. The third-order valence-corrected chi connectivity index (χ3v) is 3.35. The Bertz CT molecular complexity index is 343. The smallest absolute Gasteiger partial charge is 0.410 e. The van der Waals surface area contributed by atoms with E-state index in [-0.39, 0.29) is 11.7 Å². The van der Waals surface area contributed by atoms with Crippen molar-refractivity contribution in [2.75, 3.05) is 13.1 Å². The van der Waals surface area contributed by atoms with Gasteiger partial charge in [-0.25, -0.2) is 4.79 Å². The van der Waals surface area contributed by atoms with Gasteiger partial charge in [-0.1, -0.05) is 0 Å². The van der Waals surface area contributed by atoms with E-state index >= 15 is 0 Å². The van der Waals surface area contributed by atoms with Crippen LogP contribution in [-0.2, 0) is 14.3 Å². The standard InChI is InChI=1S/C13H21NO4/c1-12(2,3)18-11(16)14-7-10(8-15)17-13(9-14)5-4-6-13/h8,10H,4-7,9H2,1-3H3. The van der Waals surface area contributed by atoms with Crippen LogP contribution in [0.3, 0.4) is 0 Å². The molecular formula is C13H21NO4. The summed E-state index contributed by atoms with van der Waals surface area (Å²) in [5.41, 5.74) is -0.820. The second-order valence-electron chi connectivity index (χ2n) is 6.19. The van der Waals surface area contributed by atoms with Gasteiger partial charge in [0.05, 0.1) is 18.7 Å². The Balaban J connectivity index is 2.03. The monoisotopic (exact) mass is 255 g/mol. The molecule has 0 radical (unpaired) electrons. The molecule has 0 aromatic heterocycles. The zero-order valence-electron chi connectivity index (χ0n) is 11.3. The fourth-order valence-corrected chi connectivity index (χ4v) is 2.41. The lowest BCUT2D eigenvalue weighted by molar-refractivity contribution is -0.184. The highest BCUT2D eigenvalue weighted by Crippen LogP contribution is 2.39. The Hall–Kier alpha value is -1.10. The molecule has 0 bridgehead atoms. The van der Waals surface area contributed by atoms with Crippen LogP contribution in [0.15, 0.2) is 0 Å². The maximum atomic E-state index is 12.0. The summed E-state index contributed by atoms with van der Waals surface area (Å²) in [7, 11) is 0. The van der Waals surface area contributed by atoms with Gasteiger partial charge in [-0.3, -0.25) is 0 Å². The highest BCUT2D eigenvalue weighted by molar-refractivity contribution is 5.70. The Morgan fingerprint density at radius 3 is 2.56 bits per heavy atom. The molecule has 0 aromatic rings. The van der Waals surface area contributed by atoms with Crippen molar-refractivity contribution in [3.8, 4) is 0 Å². The second kappa shape index (κ2) is 4.53. The largest absolute Gasteiger partial charge is 0.444 e. The number of carbonyl (C=O) groups is 2. The van der Waals surface area contributed by atoms with E-state index in [2.05, 4.69) is 0 Å². The molecule has 1 aliphatic heterocycles. The van der Waals surface area contributed by atoms with Crippen molar-refractivity contribution in [3.05, 3.63) is 0 Å². The molecule has 0 N–H and O–H groups in total. The topological polar surface area (TPSA) is 55.8 Å². The van der Waals surface area contributed by atoms with E-state index in [1.807, 2.05) is 20.8 Å². The average Bonchev–Trinajstić information content (AvgIpc) is 2.24. The second-order valence-corrected chi connectivity index (χ2v) is 6.19. The molecule has 0 aromatic carbocycles. The molecule has 1 saturated carbocycles. The highest BCUT2D eigenvalue weighted by atomic mass is 16.6. The van der Waals surface area contributed by atoms with Crippen LogP contribution >= 0.6 is 0 Å². The zero-order valence-corrected chi connectivity index (χ0v) is 11.3. The van der Waals surface area contributed by atoms with Crippen molar-refractivity contribution in [1.29, 1.82) is 0 Å². The minimum Gasteiger partial charge on any atom is -0.444 e. The number of rotatable bonds is 1. The van der Waals surface area contributed by atoms with E-state index in [9.17, 15) is 9.59 Å². The third kappa shape index (κ3) is 2.83. The summed E-state index contributed by atoms with van der Waals surface area (Å²) in [6.07, 6.45) is 2.81. The van der Waals surface area contributed by atoms with Gasteiger partial charge in [0, 0.05) is 0 Å². The molecule has 5 nitrogen and oxygen atoms in total. The predicted octanol–water partition coefficient (Wildman–Crippen LogP) is 1.74. The SMILES string of the molecule is CC(C)(C)OC(=O)N1CC(C=O)OC2(CCC2)C1. The van der Waals surface area contributed by atoms with E-state index in [1.54, 1.807) is 4.90 Å². The van der Waals surface area contributed by atoms with Gasteiger partial charge in [-0.05, 0) is 40.0 Å². The van der Waals surface area contributed by atoms with Crippen LogP contribution < -0.4 is 0 Å². The summed E-state index contributed by atoms with van der Waals surface area (Å²) in [6.45, 7) is 6.33. The molecule has 1 spiro atoms. The fraction of sp³-hybridized carbons (Fsp3) is 0.846. The maximum Gasteiger partial charge on any atom is 0.410 e. The molecule has 102 valence electrons. The number of amides is 1. The first-order valence-corrected chi connectivity index (χ1v) is 6.45. The predicted molar refractivity (Wildman–Crippen MR) is 65.3 cm³/mol. The molecule has 1 unspecified atom stereocenters. The number of morpholine rings is 1. The molecule has 1 amide bonds. The minimum atomic E-state index is -0.522. The summed E-state index contributed by atoms with van der Waals surface area (Å²) < 4.78 is 11.1. The first kappa shape index (κ1) is 13.3. The van der Waals surface area contributed by atoms with E-state index in [0.29, 0.717) is 13.1 Å². The van der Waals surface area contributed by atoms with Crippen molar-refractivity contribution in [2.24, 2.45) is 0 Å². The fourth-order valence-electron chi connectivity index (χ4n) is 2.41. The summed E-state index contributed by atoms with van der Waals surface area (Å²) >= 11 is 0. The summed E-state index contributed by atoms with van der Waals surface area (Å²) in [6, 6.07) is 0. The van der Waals surface area contributed by atoms with Crippen LogP contribution in [0.25, 0.3) is 0 Å². The van der Waals surface area contributed by atoms with Crippen molar-refractivity contribution >= 4 is 12.4 Å². The molecule has 1 atom stereocenters. The van der Waals surface area contributed by atoms with E-state index in [0.717, 1.165) is 25.5 Å². The van der Waals surface area contributed by atoms with Gasteiger partial charge in [0.2, 0.25) is 0 Å². The molecule has 2 fully saturated rings. The minimum absolute atomic E-state index is 0.292. The molecular weight excluding hydrogens is 234 g/mol. The summed E-state index contributed by atoms with van der Waals surface area (Å²) in [4.78, 5) is 24.6. The van der Waals surface area contributed by atoms with Crippen LogP contribution in [0.4, 0.5) is 4.79 Å². The third-order valence-electron chi connectivity index (χ3n) is 3.35. The van der Waals surface area contributed by atoms with E-state index in [1.165, 1.54) is 0 Å². The van der Waals surface area contributed by atoms with Gasteiger partial charge in [-0.15, -0.1) is 0 Å². The number of aldehydes is 1. The zero-order chi connectivity index (χ0) is 13.4. The molecule has 1 saturated heterocycles. The molecule has 18 heavy (non-hydrogen) atoms. The normalized spacial score (nSPS) is 26.6. The molecule has 2 rings (SSSR count). The van der Waals surface area contributed by atoms with Gasteiger partial charge in [0.1, 0.15) is 11.7 Å². The Morgan fingerprint density at radius 2 is 2.11 bits per heavy atom. The first-order valence-electron chi connectivity index (χ1n) is 6.45. The van der Waals surface area contributed by atoms with Crippen molar-refractivity contribution in [1.82, 2.24) is 4.90 Å². The lowest BCUT2D eigenvalue weighted by atomic mass is 9.78. The molecule has 1 heterocycles. The van der Waals surface area contributed by atoms with Gasteiger partial charge in [0.25, 0.3) is 0 Å². The average molecular weight is 255 g/mol. The Morgan fingerprint density at radius 1 is 1.44 bits per heavy atom. The summed E-state index contributed by atoms with van der Waals surface area (Å²) in [5, 5.41) is 0. The summed E-state index contributed by atoms with van der Waals surface area (Å²) in [5.74, 6) is 0. The molecule has 2 aliphatic rings. The van der Waals surface area contributed by atoms with Crippen LogP contribution in [0.2, 0.25) is 0 Å². The first-order chi connectivity index (χ1) is 8.34. The van der Waals surface area contributed by atoms with Crippen molar-refractivity contribution < 1.29 is 19.1 Å². The van der Waals surface area contributed by atoms with Crippen LogP contribution in [0.1, 0.15) is 40.0 Å². The van der Waals surface area contributed by atoms with Gasteiger partial charge < -0.3 is 19.2 Å². The number of hydrogen-bond donors (Lipinski definition) is 0. The number of carbonyl (C=O) groups excluding carboxylic acids is 2. The van der Waals surface area contributed by atoms with Crippen LogP contribution in [0, 0.1) is 0 Å². The molecule has 1 aliphatic carbocycles. The lowest BCUT2D eigenvalue weighted by Crippen LogP contribution is -2.61. The maximum absolute atomic E-state index is 12.0. The van der Waals surface area contributed by atoms with E-state index < -0.39 is 11.7 Å². The van der Waals surface area contributed by atoms with Gasteiger partial charge in [0.15, 0.2) is 6.29 Å². The highest BCUT2D eigenvalue weighted by Gasteiger charge is 2.47. The quantitative estimate of drug-likeness (QED) is 0.670. The van der Waals surface area contributed by atoms with Crippen LogP contribution in [-0.4, -0.2) is 47.7 Å². The number of hydrogen-bond acceptors (Lipinski definition) is 4. The van der Waals surface area contributed by atoms with E-state index in [4.69, 9.17) is 9.47 Å². The van der Waals surface area contributed by atoms with Gasteiger partial charge >= 0.3 is 6.09 Å².